The molecule has 0 aliphatic rings. The monoisotopic (exact) mass is 407 g/mol. The van der Waals surface area contributed by atoms with Crippen LogP contribution in [0.25, 0.3) is 21.9 Å². The highest BCUT2D eigenvalue weighted by Gasteiger charge is 2.19. The van der Waals surface area contributed by atoms with Crippen LogP contribution in [0.3, 0.4) is 0 Å². The lowest BCUT2D eigenvalue weighted by Crippen LogP contribution is -2.18. The number of ether oxygens (including phenoxy) is 1. The Hall–Kier alpha value is -2.62. The van der Waals surface area contributed by atoms with Crippen molar-refractivity contribution in [3.8, 4) is 16.9 Å². The van der Waals surface area contributed by atoms with E-state index in [0.29, 0.717) is 28.9 Å². The number of nitrogens with zero attached hydrogens (tertiary/aromatic N) is 1. The number of aromatic nitrogens is 1. The van der Waals surface area contributed by atoms with Crippen molar-refractivity contribution in [3.63, 3.8) is 0 Å². The Morgan fingerprint density at radius 2 is 2.04 bits per heavy atom. The molecule has 4 N–H and O–H groups in total. The summed E-state index contributed by atoms with van der Waals surface area (Å²) in [6.07, 6.45) is 2.22. The first-order valence-electron chi connectivity index (χ1n) is 8.45. The van der Waals surface area contributed by atoms with Crippen molar-refractivity contribution in [3.05, 3.63) is 53.7 Å². The molecule has 0 bridgehead atoms. The fraction of sp³-hybridized carbons (Fsp3) is 0.211. The first kappa shape index (κ1) is 20.1. The minimum atomic E-state index is -2.12. The fourth-order valence-corrected chi connectivity index (χ4v) is 3.35. The molecular formula is C19H19F2N3O3S. The highest BCUT2D eigenvalue weighted by atomic mass is 32.2. The number of pyridine rings is 1. The van der Waals surface area contributed by atoms with E-state index in [2.05, 4.69) is 9.71 Å². The maximum atomic E-state index is 15.1. The van der Waals surface area contributed by atoms with Crippen molar-refractivity contribution in [2.45, 2.75) is 12.8 Å². The zero-order chi connectivity index (χ0) is 20.3. The van der Waals surface area contributed by atoms with Gasteiger partial charge in [0.05, 0.1) is 12.7 Å². The Balaban J connectivity index is 2.03. The van der Waals surface area contributed by atoms with Gasteiger partial charge in [0.1, 0.15) is 23.2 Å². The summed E-state index contributed by atoms with van der Waals surface area (Å²) in [5, 5.41) is 1.41. The van der Waals surface area contributed by atoms with E-state index < -0.39 is 22.9 Å². The van der Waals surface area contributed by atoms with E-state index in [1.165, 1.54) is 25.4 Å². The van der Waals surface area contributed by atoms with Gasteiger partial charge in [0.15, 0.2) is 0 Å². The van der Waals surface area contributed by atoms with Crippen LogP contribution in [0.2, 0.25) is 0 Å². The molecule has 0 aliphatic carbocycles. The lowest BCUT2D eigenvalue weighted by Gasteiger charge is -2.14. The van der Waals surface area contributed by atoms with Crippen LogP contribution in [-0.4, -0.2) is 27.4 Å². The third-order valence-corrected chi connectivity index (χ3v) is 4.80. The van der Waals surface area contributed by atoms with E-state index in [9.17, 15) is 8.60 Å². The van der Waals surface area contributed by atoms with Crippen LogP contribution in [0.1, 0.15) is 12.0 Å². The molecule has 0 amide bonds. The summed E-state index contributed by atoms with van der Waals surface area (Å²) in [6.45, 7) is 0.224. The van der Waals surface area contributed by atoms with Gasteiger partial charge in [-0.05, 0) is 48.1 Å². The summed E-state index contributed by atoms with van der Waals surface area (Å²) >= 11 is -2.12. The number of aryl methyl sites for hydroxylation is 1. The number of hydrogen-bond donors (Lipinski definition) is 3. The standard InChI is InChI=1S/C19H19F2N3O3S/c1-27-16-8-12-9-17(22)23-10-13(12)7-14(16)18-15(20)5-4-11(19(18)21)3-2-6-24-28(25)26/h4-5,7-10,24H,2-3,6H2,1H3,(H2,22,23)(H,25,26). The second-order valence-corrected chi connectivity index (χ2v) is 6.94. The first-order chi connectivity index (χ1) is 13.4. The Morgan fingerprint density at radius 3 is 2.75 bits per heavy atom. The molecule has 28 heavy (non-hydrogen) atoms. The number of nitrogens with two attached hydrogens (primary N) is 1. The molecule has 0 aliphatic heterocycles. The van der Waals surface area contributed by atoms with E-state index in [0.717, 1.165) is 5.39 Å². The summed E-state index contributed by atoms with van der Waals surface area (Å²) < 4.78 is 56.7. The van der Waals surface area contributed by atoms with Crippen LogP contribution in [0.15, 0.2) is 36.5 Å². The minimum absolute atomic E-state index is 0.188. The van der Waals surface area contributed by atoms with Gasteiger partial charge in [-0.2, -0.15) is 0 Å². The van der Waals surface area contributed by atoms with Crippen molar-refractivity contribution >= 4 is 27.9 Å². The highest BCUT2D eigenvalue weighted by molar-refractivity contribution is 7.77. The van der Waals surface area contributed by atoms with Gasteiger partial charge < -0.3 is 10.5 Å². The van der Waals surface area contributed by atoms with Crippen LogP contribution >= 0.6 is 0 Å². The highest BCUT2D eigenvalue weighted by Crippen LogP contribution is 2.38. The van der Waals surface area contributed by atoms with E-state index >= 15 is 4.39 Å². The molecule has 3 rings (SSSR count). The van der Waals surface area contributed by atoms with Crippen molar-refractivity contribution in [1.82, 2.24) is 9.71 Å². The van der Waals surface area contributed by atoms with Crippen molar-refractivity contribution in [2.75, 3.05) is 19.4 Å². The van der Waals surface area contributed by atoms with Crippen molar-refractivity contribution in [2.24, 2.45) is 0 Å². The number of nitrogen functional groups attached to an aromatic ring is 1. The van der Waals surface area contributed by atoms with Gasteiger partial charge in [0.25, 0.3) is 0 Å². The van der Waals surface area contributed by atoms with Crippen LogP contribution in [0, 0.1) is 11.6 Å². The molecule has 3 aromatic rings. The molecule has 1 aromatic heterocycles. The predicted molar refractivity (Wildman–Crippen MR) is 105 cm³/mol. The van der Waals surface area contributed by atoms with Gasteiger partial charge in [-0.3, -0.25) is 4.55 Å². The molecular weight excluding hydrogens is 388 g/mol. The average molecular weight is 407 g/mol. The number of hydrogen-bond acceptors (Lipinski definition) is 4. The third kappa shape index (κ3) is 4.27. The first-order valence-corrected chi connectivity index (χ1v) is 9.56. The minimum Gasteiger partial charge on any atom is -0.496 e. The van der Waals surface area contributed by atoms with Crippen LogP contribution < -0.4 is 15.2 Å². The topological polar surface area (TPSA) is 97.5 Å². The molecule has 1 heterocycles. The number of fused-ring (bicyclic) bond motifs is 1. The Morgan fingerprint density at radius 1 is 1.25 bits per heavy atom. The van der Waals surface area contributed by atoms with Gasteiger partial charge >= 0.3 is 0 Å². The molecule has 0 fully saturated rings. The summed E-state index contributed by atoms with van der Waals surface area (Å²) in [5.74, 6) is -0.757. The van der Waals surface area contributed by atoms with E-state index in [-0.39, 0.29) is 24.1 Å². The number of methoxy groups -OCH3 is 1. The van der Waals surface area contributed by atoms with Crippen LogP contribution in [0.4, 0.5) is 14.6 Å². The van der Waals surface area contributed by atoms with E-state index in [1.807, 2.05) is 0 Å². The van der Waals surface area contributed by atoms with Crippen LogP contribution in [0.5, 0.6) is 5.75 Å². The molecule has 0 radical (unpaired) electrons. The molecule has 1 atom stereocenters. The molecule has 1 unspecified atom stereocenters. The molecule has 148 valence electrons. The number of rotatable bonds is 7. The molecule has 2 aromatic carbocycles. The number of benzene rings is 2. The Bertz CT molecular complexity index is 1050. The Labute approximate surface area is 163 Å². The maximum absolute atomic E-state index is 15.1. The summed E-state index contributed by atoms with van der Waals surface area (Å²) in [4.78, 5) is 4.02. The lowest BCUT2D eigenvalue weighted by molar-refractivity contribution is 0.416. The summed E-state index contributed by atoms with van der Waals surface area (Å²) in [7, 11) is 1.43. The van der Waals surface area contributed by atoms with Crippen molar-refractivity contribution < 1.29 is 22.3 Å². The smallest absolute Gasteiger partial charge is 0.231 e. The second-order valence-electron chi connectivity index (χ2n) is 6.15. The SMILES string of the molecule is COc1cc2cc(N)ncc2cc1-c1c(F)ccc(CCCNS(=O)O)c1F. The molecule has 0 saturated heterocycles. The third-order valence-electron chi connectivity index (χ3n) is 4.35. The molecule has 0 saturated carbocycles. The average Bonchev–Trinajstić information content (AvgIpc) is 2.66. The van der Waals surface area contributed by atoms with E-state index in [4.69, 9.17) is 15.0 Å². The number of anilines is 1. The number of nitrogens with one attached hydrogen (secondary N) is 1. The normalized spacial score (nSPS) is 12.3. The van der Waals surface area contributed by atoms with Gasteiger partial charge in [-0.15, -0.1) is 0 Å². The zero-order valence-corrected chi connectivity index (χ0v) is 15.9. The fourth-order valence-electron chi connectivity index (χ4n) is 3.03. The summed E-state index contributed by atoms with van der Waals surface area (Å²) in [5.41, 5.74) is 6.09. The maximum Gasteiger partial charge on any atom is 0.231 e. The molecule has 6 nitrogen and oxygen atoms in total. The van der Waals surface area contributed by atoms with Gasteiger partial charge in [-0.1, -0.05) is 6.07 Å². The predicted octanol–water partition coefficient (Wildman–Crippen LogP) is 3.43. The van der Waals surface area contributed by atoms with Gasteiger partial charge in [0.2, 0.25) is 11.3 Å². The quantitative estimate of drug-likeness (QED) is 0.412. The van der Waals surface area contributed by atoms with E-state index in [1.54, 1.807) is 18.2 Å². The molecule has 9 heteroatoms. The van der Waals surface area contributed by atoms with Crippen molar-refractivity contribution in [1.29, 1.82) is 0 Å². The number of halogens is 2. The second kappa shape index (κ2) is 8.59. The zero-order valence-electron chi connectivity index (χ0n) is 15.0. The Kier molecular flexibility index (Phi) is 6.18. The molecule has 0 spiro atoms. The van der Waals surface area contributed by atoms with Crippen LogP contribution in [-0.2, 0) is 17.7 Å². The largest absolute Gasteiger partial charge is 0.496 e. The lowest BCUT2D eigenvalue weighted by atomic mass is 9.96. The van der Waals surface area contributed by atoms with Gasteiger partial charge in [-0.25, -0.2) is 22.7 Å². The van der Waals surface area contributed by atoms with Gasteiger partial charge in [0, 0.05) is 23.7 Å². The summed E-state index contributed by atoms with van der Waals surface area (Å²) in [6, 6.07) is 7.51.